The molecule has 0 aliphatic heterocycles. The summed E-state index contributed by atoms with van der Waals surface area (Å²) < 4.78 is 16.5. The van der Waals surface area contributed by atoms with E-state index in [0.717, 1.165) is 16.7 Å². The molecular weight excluding hydrogens is 444 g/mol. The van der Waals surface area contributed by atoms with Gasteiger partial charge in [-0.25, -0.2) is 0 Å². The SMILES string of the molecule is COc1cc(CNC(=O)c2ccc(C)c(NC(=O)c3ccco3)c2)ccc1OCc1ccccc1. The highest BCUT2D eigenvalue weighted by Gasteiger charge is 2.14. The maximum atomic E-state index is 12.8. The van der Waals surface area contributed by atoms with Crippen LogP contribution < -0.4 is 20.1 Å². The molecule has 1 heterocycles. The van der Waals surface area contributed by atoms with E-state index in [1.165, 1.54) is 6.26 Å². The molecule has 0 aliphatic rings. The lowest BCUT2D eigenvalue weighted by Gasteiger charge is -2.13. The van der Waals surface area contributed by atoms with Crippen LogP contribution in [0.25, 0.3) is 0 Å². The van der Waals surface area contributed by atoms with Gasteiger partial charge in [-0.2, -0.15) is 0 Å². The first kappa shape index (κ1) is 23.6. The first-order chi connectivity index (χ1) is 17.0. The van der Waals surface area contributed by atoms with Crippen LogP contribution in [0.15, 0.2) is 89.5 Å². The standard InChI is InChI=1S/C28H26N2O5/c1-19-10-12-22(16-23(19)30-28(32)25-9-6-14-34-25)27(31)29-17-21-11-13-24(26(15-21)33-2)35-18-20-7-4-3-5-8-20/h3-16H,17-18H2,1-2H3,(H,29,31)(H,30,32). The Hall–Kier alpha value is -4.52. The van der Waals surface area contributed by atoms with Gasteiger partial charge in [-0.3, -0.25) is 9.59 Å². The van der Waals surface area contributed by atoms with E-state index in [9.17, 15) is 9.59 Å². The van der Waals surface area contributed by atoms with Crippen LogP contribution in [0, 0.1) is 6.92 Å². The minimum atomic E-state index is -0.377. The molecule has 0 spiro atoms. The molecule has 1 aromatic heterocycles. The molecule has 3 aromatic carbocycles. The fourth-order valence-electron chi connectivity index (χ4n) is 3.45. The molecular formula is C28H26N2O5. The average molecular weight is 471 g/mol. The van der Waals surface area contributed by atoms with Crippen molar-refractivity contribution >= 4 is 17.5 Å². The van der Waals surface area contributed by atoms with E-state index < -0.39 is 0 Å². The Labute approximate surface area is 203 Å². The number of anilines is 1. The Morgan fingerprint density at radius 2 is 1.69 bits per heavy atom. The summed E-state index contributed by atoms with van der Waals surface area (Å²) in [5.74, 6) is 0.774. The summed E-state index contributed by atoms with van der Waals surface area (Å²) in [5, 5.41) is 5.69. The Morgan fingerprint density at radius 1 is 0.857 bits per heavy atom. The first-order valence-electron chi connectivity index (χ1n) is 11.1. The van der Waals surface area contributed by atoms with Gasteiger partial charge in [0.05, 0.1) is 13.4 Å². The number of methoxy groups -OCH3 is 1. The largest absolute Gasteiger partial charge is 0.493 e. The van der Waals surface area contributed by atoms with Crippen LogP contribution in [0.3, 0.4) is 0 Å². The lowest BCUT2D eigenvalue weighted by atomic mass is 10.1. The third kappa shape index (κ3) is 6.09. The lowest BCUT2D eigenvalue weighted by molar-refractivity contribution is 0.0949. The van der Waals surface area contributed by atoms with Crippen LogP contribution in [0.2, 0.25) is 0 Å². The Morgan fingerprint density at radius 3 is 2.43 bits per heavy atom. The van der Waals surface area contributed by atoms with Gasteiger partial charge in [-0.1, -0.05) is 42.5 Å². The van der Waals surface area contributed by atoms with Crippen molar-refractivity contribution in [2.45, 2.75) is 20.1 Å². The molecule has 7 nitrogen and oxygen atoms in total. The minimum Gasteiger partial charge on any atom is -0.493 e. The summed E-state index contributed by atoms with van der Waals surface area (Å²) in [4.78, 5) is 25.1. The number of hydrogen-bond donors (Lipinski definition) is 2. The number of nitrogens with one attached hydrogen (secondary N) is 2. The fourth-order valence-corrected chi connectivity index (χ4v) is 3.45. The Bertz CT molecular complexity index is 1300. The second-order valence-corrected chi connectivity index (χ2v) is 7.90. The third-order valence-electron chi connectivity index (χ3n) is 5.41. The zero-order chi connectivity index (χ0) is 24.6. The minimum absolute atomic E-state index is 0.199. The van der Waals surface area contributed by atoms with Crippen molar-refractivity contribution < 1.29 is 23.5 Å². The molecule has 0 saturated heterocycles. The van der Waals surface area contributed by atoms with Crippen molar-refractivity contribution in [3.8, 4) is 11.5 Å². The third-order valence-corrected chi connectivity index (χ3v) is 5.41. The van der Waals surface area contributed by atoms with E-state index in [4.69, 9.17) is 13.9 Å². The second-order valence-electron chi connectivity index (χ2n) is 7.90. The van der Waals surface area contributed by atoms with Gasteiger partial charge < -0.3 is 24.5 Å². The van der Waals surface area contributed by atoms with E-state index in [-0.39, 0.29) is 17.6 Å². The molecule has 0 saturated carbocycles. The van der Waals surface area contributed by atoms with E-state index in [2.05, 4.69) is 10.6 Å². The number of benzene rings is 3. The summed E-state index contributed by atoms with van der Waals surface area (Å²) in [6.45, 7) is 2.59. The van der Waals surface area contributed by atoms with Crippen LogP contribution >= 0.6 is 0 Å². The van der Waals surface area contributed by atoms with E-state index in [1.54, 1.807) is 37.4 Å². The van der Waals surface area contributed by atoms with Gasteiger partial charge in [0.25, 0.3) is 11.8 Å². The van der Waals surface area contributed by atoms with Crippen molar-refractivity contribution in [1.29, 1.82) is 0 Å². The lowest BCUT2D eigenvalue weighted by Crippen LogP contribution is -2.23. The van der Waals surface area contributed by atoms with Crippen molar-refractivity contribution in [2.24, 2.45) is 0 Å². The molecule has 178 valence electrons. The molecule has 7 heteroatoms. The van der Waals surface area contributed by atoms with E-state index in [0.29, 0.717) is 35.9 Å². The van der Waals surface area contributed by atoms with Crippen LogP contribution in [0.1, 0.15) is 37.6 Å². The predicted molar refractivity (Wildman–Crippen MR) is 133 cm³/mol. The van der Waals surface area contributed by atoms with Gasteiger partial charge in [0, 0.05) is 17.8 Å². The maximum absolute atomic E-state index is 12.8. The highest BCUT2D eigenvalue weighted by atomic mass is 16.5. The summed E-state index contributed by atoms with van der Waals surface area (Å²) in [5.41, 5.74) is 3.72. The number of carbonyl (C=O) groups excluding carboxylic acids is 2. The number of amides is 2. The molecule has 0 bridgehead atoms. The van der Waals surface area contributed by atoms with Crippen LogP contribution in [0.4, 0.5) is 5.69 Å². The molecule has 2 amide bonds. The quantitative estimate of drug-likeness (QED) is 0.344. The average Bonchev–Trinajstić information content (AvgIpc) is 3.43. The topological polar surface area (TPSA) is 89.8 Å². The number of rotatable bonds is 9. The molecule has 0 unspecified atom stereocenters. The normalized spacial score (nSPS) is 10.5. The Balaban J connectivity index is 1.38. The zero-order valence-electron chi connectivity index (χ0n) is 19.5. The molecule has 4 aromatic rings. The van der Waals surface area contributed by atoms with Crippen LogP contribution in [-0.2, 0) is 13.2 Å². The number of aryl methyl sites for hydroxylation is 1. The molecule has 0 atom stereocenters. The number of furan rings is 1. The van der Waals surface area contributed by atoms with Crippen molar-refractivity contribution in [2.75, 3.05) is 12.4 Å². The molecule has 4 rings (SSSR count). The van der Waals surface area contributed by atoms with Crippen molar-refractivity contribution in [1.82, 2.24) is 5.32 Å². The van der Waals surface area contributed by atoms with E-state index >= 15 is 0 Å². The van der Waals surface area contributed by atoms with Crippen molar-refractivity contribution in [3.05, 3.63) is 113 Å². The maximum Gasteiger partial charge on any atom is 0.291 e. The summed E-state index contributed by atoms with van der Waals surface area (Å²) >= 11 is 0. The van der Waals surface area contributed by atoms with Gasteiger partial charge in [0.1, 0.15) is 6.61 Å². The molecule has 35 heavy (non-hydrogen) atoms. The smallest absolute Gasteiger partial charge is 0.291 e. The van der Waals surface area contributed by atoms with E-state index in [1.807, 2.05) is 55.5 Å². The summed E-state index contributed by atoms with van der Waals surface area (Å²) in [6, 6.07) is 23.8. The molecule has 0 aliphatic carbocycles. The second kappa shape index (κ2) is 11.1. The van der Waals surface area contributed by atoms with Gasteiger partial charge in [0.2, 0.25) is 0 Å². The van der Waals surface area contributed by atoms with Crippen molar-refractivity contribution in [3.63, 3.8) is 0 Å². The number of ether oxygens (including phenoxy) is 2. The number of carbonyl (C=O) groups is 2. The first-order valence-corrected chi connectivity index (χ1v) is 11.1. The molecule has 0 fully saturated rings. The molecule has 2 N–H and O–H groups in total. The van der Waals surface area contributed by atoms with Crippen LogP contribution in [-0.4, -0.2) is 18.9 Å². The summed E-state index contributed by atoms with van der Waals surface area (Å²) in [7, 11) is 1.58. The molecule has 0 radical (unpaired) electrons. The van der Waals surface area contributed by atoms with Gasteiger partial charge in [-0.15, -0.1) is 0 Å². The number of hydrogen-bond acceptors (Lipinski definition) is 5. The highest BCUT2D eigenvalue weighted by molar-refractivity contribution is 6.03. The highest BCUT2D eigenvalue weighted by Crippen LogP contribution is 2.29. The van der Waals surface area contributed by atoms with Gasteiger partial charge in [0.15, 0.2) is 17.3 Å². The van der Waals surface area contributed by atoms with Gasteiger partial charge >= 0.3 is 0 Å². The Kier molecular flexibility index (Phi) is 7.47. The monoisotopic (exact) mass is 470 g/mol. The fraction of sp³-hybridized carbons (Fsp3) is 0.143. The van der Waals surface area contributed by atoms with Gasteiger partial charge in [-0.05, 0) is 60.0 Å². The zero-order valence-corrected chi connectivity index (χ0v) is 19.5. The predicted octanol–water partition coefficient (Wildman–Crippen LogP) is 5.36. The van der Waals surface area contributed by atoms with Crippen LogP contribution in [0.5, 0.6) is 11.5 Å². The summed E-state index contributed by atoms with van der Waals surface area (Å²) in [6.07, 6.45) is 1.43.